The second-order valence-corrected chi connectivity index (χ2v) is 15.7. The van der Waals surface area contributed by atoms with Gasteiger partial charge in [-0.05, 0) is 93.8 Å². The molecule has 0 heterocycles. The molecule has 5 fully saturated rings. The van der Waals surface area contributed by atoms with Gasteiger partial charge in [-0.25, -0.2) is 0 Å². The van der Waals surface area contributed by atoms with Gasteiger partial charge in [0.25, 0.3) is 0 Å². The molecular formula is C35H52O4. The summed E-state index contributed by atoms with van der Waals surface area (Å²) in [6.45, 7) is 22.6. The third kappa shape index (κ3) is 3.67. The van der Waals surface area contributed by atoms with E-state index in [2.05, 4.69) is 60.6 Å². The quantitative estimate of drug-likeness (QED) is 0.235. The van der Waals surface area contributed by atoms with E-state index in [1.54, 1.807) is 13.8 Å². The van der Waals surface area contributed by atoms with E-state index in [1.807, 2.05) is 13.8 Å². The van der Waals surface area contributed by atoms with Crippen LogP contribution in [0.5, 0.6) is 0 Å². The number of hydrogen-bond acceptors (Lipinski definition) is 4. The van der Waals surface area contributed by atoms with Gasteiger partial charge >= 0.3 is 0 Å². The average Bonchev–Trinajstić information content (AvgIpc) is 2.97. The van der Waals surface area contributed by atoms with Crippen molar-refractivity contribution in [2.75, 3.05) is 0 Å². The zero-order chi connectivity index (χ0) is 29.5. The van der Waals surface area contributed by atoms with Crippen molar-refractivity contribution in [3.8, 4) is 0 Å². The predicted octanol–water partition coefficient (Wildman–Crippen LogP) is 7.74. The minimum absolute atomic E-state index is 0.0512. The number of hydrogen-bond donors (Lipinski definition) is 0. The Bertz CT molecular complexity index is 1160. The third-order valence-corrected chi connectivity index (χ3v) is 12.0. The molecule has 5 saturated carbocycles. The van der Waals surface area contributed by atoms with Crippen LogP contribution < -0.4 is 0 Å². The maximum Gasteiger partial charge on any atom is 0.168 e. The summed E-state index contributed by atoms with van der Waals surface area (Å²) in [6.07, 6.45) is 8.02. The fraction of sp³-hybridized carbons (Fsp3) is 0.771. The van der Waals surface area contributed by atoms with E-state index in [0.717, 1.165) is 24.8 Å². The number of carbonyl (C=O) groups excluding carboxylic acids is 4. The molecule has 4 heteroatoms. The molecule has 1 spiro atoms. The molecule has 0 radical (unpaired) electrons. The standard InChI is InChI=1S/C35H52O4/c1-20(2)13-12-14-23(7)15-16-33-18-24-17-26-31(8,9)25(21(3)4)19-34(26,28(33)37)30(39)35(29(33)38,32(24,10)11)27(36)22(5)6/h13,15,21-22,24-26H,12,14,16-19H2,1-11H3/b23-15+/t24-,25-,26-,33-,34+,35-/m1/s1. The van der Waals surface area contributed by atoms with Crippen molar-refractivity contribution in [1.29, 1.82) is 0 Å². The summed E-state index contributed by atoms with van der Waals surface area (Å²) in [7, 11) is 0. The molecule has 0 N–H and O–H groups in total. The maximum atomic E-state index is 15.2. The number of carbonyl (C=O) groups is 4. The van der Waals surface area contributed by atoms with Gasteiger partial charge in [-0.2, -0.15) is 0 Å². The van der Waals surface area contributed by atoms with E-state index < -0.39 is 27.6 Å². The molecule has 39 heavy (non-hydrogen) atoms. The SMILES string of the molecule is CC(C)=CCC/C(C)=C/C[C@@]12C[C@H]3C[C@@H]4C(C)(C)[C@@H](C(C)C)C[C@]4(C1=O)C(=O)[C@@](C(=O)C(C)C)(C2=O)C3(C)C. The highest BCUT2D eigenvalue weighted by molar-refractivity contribution is 6.40. The minimum atomic E-state index is -1.75. The van der Waals surface area contributed by atoms with E-state index in [9.17, 15) is 9.59 Å². The monoisotopic (exact) mass is 536 g/mol. The molecule has 216 valence electrons. The zero-order valence-electron chi connectivity index (χ0n) is 26.4. The lowest BCUT2D eigenvalue weighted by atomic mass is 9.36. The fourth-order valence-electron chi connectivity index (χ4n) is 9.87. The lowest BCUT2D eigenvalue weighted by molar-refractivity contribution is -0.189. The summed E-state index contributed by atoms with van der Waals surface area (Å²) in [5.74, 6) is -1.32. The molecule has 0 aliphatic heterocycles. The van der Waals surface area contributed by atoms with Crippen LogP contribution in [0.2, 0.25) is 0 Å². The summed E-state index contributed by atoms with van der Waals surface area (Å²) >= 11 is 0. The molecule has 5 aliphatic carbocycles. The van der Waals surface area contributed by atoms with Gasteiger partial charge in [-0.1, -0.05) is 78.7 Å². The first kappa shape index (κ1) is 30.1. The number of Topliss-reactive ketones (excluding diaryl/α,β-unsaturated/α-hetero) is 4. The topological polar surface area (TPSA) is 68.3 Å². The van der Waals surface area contributed by atoms with Crippen molar-refractivity contribution in [1.82, 2.24) is 0 Å². The largest absolute Gasteiger partial charge is 0.298 e. The molecule has 0 amide bonds. The van der Waals surface area contributed by atoms with E-state index in [-0.39, 0.29) is 46.3 Å². The molecule has 0 saturated heterocycles. The first-order valence-corrected chi connectivity index (χ1v) is 15.3. The van der Waals surface area contributed by atoms with Crippen LogP contribution in [0.3, 0.4) is 0 Å². The van der Waals surface area contributed by atoms with Gasteiger partial charge in [0.05, 0.1) is 10.8 Å². The van der Waals surface area contributed by atoms with Crippen LogP contribution in [0.25, 0.3) is 0 Å². The second kappa shape index (κ2) is 9.35. The predicted molar refractivity (Wildman–Crippen MR) is 156 cm³/mol. The number of ketones is 4. The molecule has 0 aromatic heterocycles. The number of allylic oxidation sites excluding steroid dienone is 4. The van der Waals surface area contributed by atoms with E-state index in [4.69, 9.17) is 0 Å². The Hall–Kier alpha value is -1.84. The smallest absolute Gasteiger partial charge is 0.168 e. The Labute approximate surface area is 236 Å². The van der Waals surface area contributed by atoms with Gasteiger partial charge in [-0.15, -0.1) is 0 Å². The van der Waals surface area contributed by atoms with Gasteiger partial charge in [0.1, 0.15) is 0 Å². The Kier molecular flexibility index (Phi) is 7.22. The van der Waals surface area contributed by atoms with Gasteiger partial charge in [0, 0.05) is 5.92 Å². The van der Waals surface area contributed by atoms with Crippen LogP contribution in [0.1, 0.15) is 115 Å². The van der Waals surface area contributed by atoms with Crippen LogP contribution in [-0.2, 0) is 19.2 Å². The van der Waals surface area contributed by atoms with Crippen LogP contribution in [0.15, 0.2) is 23.3 Å². The lowest BCUT2D eigenvalue weighted by Gasteiger charge is -2.60. The lowest BCUT2D eigenvalue weighted by Crippen LogP contribution is -2.76. The molecular weight excluding hydrogens is 484 g/mol. The molecule has 0 aromatic rings. The van der Waals surface area contributed by atoms with Crippen molar-refractivity contribution in [3.63, 3.8) is 0 Å². The molecule has 0 aromatic carbocycles. The highest BCUT2D eigenvalue weighted by Crippen LogP contribution is 2.77. The Morgan fingerprint density at radius 3 is 2.05 bits per heavy atom. The first-order valence-electron chi connectivity index (χ1n) is 15.3. The van der Waals surface area contributed by atoms with E-state index in [0.29, 0.717) is 25.2 Å². The van der Waals surface area contributed by atoms with Crippen molar-refractivity contribution >= 4 is 23.1 Å². The highest BCUT2D eigenvalue weighted by atomic mass is 16.2. The molecule has 0 unspecified atom stereocenters. The Morgan fingerprint density at radius 1 is 0.897 bits per heavy atom. The number of rotatable bonds is 8. The van der Waals surface area contributed by atoms with E-state index in [1.165, 1.54) is 5.57 Å². The summed E-state index contributed by atoms with van der Waals surface area (Å²) in [4.78, 5) is 59.5. The molecule has 5 rings (SSSR count). The molecule has 5 aliphatic rings. The van der Waals surface area contributed by atoms with Crippen molar-refractivity contribution in [2.45, 2.75) is 115 Å². The Balaban J connectivity index is 1.98. The summed E-state index contributed by atoms with van der Waals surface area (Å²) < 4.78 is 0. The van der Waals surface area contributed by atoms with Crippen LogP contribution in [0, 0.1) is 56.7 Å². The van der Waals surface area contributed by atoms with Gasteiger partial charge in [-0.3, -0.25) is 19.2 Å². The zero-order valence-corrected chi connectivity index (χ0v) is 26.4. The van der Waals surface area contributed by atoms with Crippen molar-refractivity contribution < 1.29 is 19.2 Å². The third-order valence-electron chi connectivity index (χ3n) is 12.0. The van der Waals surface area contributed by atoms with Gasteiger partial charge in [0.2, 0.25) is 0 Å². The van der Waals surface area contributed by atoms with Crippen LogP contribution >= 0.6 is 0 Å². The molecule has 6 atom stereocenters. The normalized spacial score (nSPS) is 38.4. The van der Waals surface area contributed by atoms with Gasteiger partial charge < -0.3 is 0 Å². The first-order chi connectivity index (χ1) is 17.9. The van der Waals surface area contributed by atoms with Crippen LogP contribution in [0.4, 0.5) is 0 Å². The second-order valence-electron chi connectivity index (χ2n) is 15.7. The van der Waals surface area contributed by atoms with Gasteiger partial charge in [0.15, 0.2) is 28.5 Å². The maximum absolute atomic E-state index is 15.2. The summed E-state index contributed by atoms with van der Waals surface area (Å²) in [6, 6.07) is 0. The average molecular weight is 537 g/mol. The van der Waals surface area contributed by atoms with Crippen LogP contribution in [-0.4, -0.2) is 23.1 Å². The molecule has 4 nitrogen and oxygen atoms in total. The minimum Gasteiger partial charge on any atom is -0.298 e. The summed E-state index contributed by atoms with van der Waals surface area (Å²) in [5.41, 5.74) is -2.95. The summed E-state index contributed by atoms with van der Waals surface area (Å²) in [5, 5.41) is 0. The van der Waals surface area contributed by atoms with Crippen molar-refractivity contribution in [2.24, 2.45) is 56.7 Å². The Morgan fingerprint density at radius 2 is 1.51 bits per heavy atom. The van der Waals surface area contributed by atoms with Crippen molar-refractivity contribution in [3.05, 3.63) is 23.3 Å². The molecule has 4 bridgehead atoms. The van der Waals surface area contributed by atoms with E-state index >= 15 is 9.59 Å². The highest BCUT2D eigenvalue weighted by Gasteiger charge is 2.86. The fourth-order valence-corrected chi connectivity index (χ4v) is 9.87.